The van der Waals surface area contributed by atoms with Gasteiger partial charge in [-0.1, -0.05) is 24.3 Å². The predicted octanol–water partition coefficient (Wildman–Crippen LogP) is 3.21. The van der Waals surface area contributed by atoms with Gasteiger partial charge in [-0.2, -0.15) is 8.78 Å². The summed E-state index contributed by atoms with van der Waals surface area (Å²) in [6, 6.07) is 6.90. The largest absolute Gasteiger partial charge is 0.298 e. The molecule has 0 heterocycles. The van der Waals surface area contributed by atoms with Crippen LogP contribution in [0.5, 0.6) is 0 Å². The van der Waals surface area contributed by atoms with E-state index in [9.17, 15) is 13.6 Å². The highest BCUT2D eigenvalue weighted by atomic mass is 19.3. The Balaban J connectivity index is 2.52. The van der Waals surface area contributed by atoms with Crippen molar-refractivity contribution in [2.24, 2.45) is 0 Å². The van der Waals surface area contributed by atoms with Crippen LogP contribution in [-0.4, -0.2) is 6.29 Å². The molecule has 1 nitrogen and oxygen atoms in total. The Bertz CT molecular complexity index is 324. The summed E-state index contributed by atoms with van der Waals surface area (Å²) in [7, 11) is 0. The van der Waals surface area contributed by atoms with Crippen LogP contribution in [0.15, 0.2) is 36.4 Å². The average Bonchev–Trinajstić information content (AvgIpc) is 2.18. The summed E-state index contributed by atoms with van der Waals surface area (Å²) in [4.78, 5) is 10.3. The normalized spacial score (nSPS) is 9.57. The first-order chi connectivity index (χ1) is 6.72. The fourth-order valence-electron chi connectivity index (χ4n) is 1.11. The van der Waals surface area contributed by atoms with Crippen LogP contribution >= 0.6 is 0 Å². The van der Waals surface area contributed by atoms with Crippen molar-refractivity contribution in [1.82, 2.24) is 0 Å². The van der Waals surface area contributed by atoms with E-state index >= 15 is 0 Å². The van der Waals surface area contributed by atoms with Crippen LogP contribution in [-0.2, 0) is 6.42 Å². The van der Waals surface area contributed by atoms with Crippen molar-refractivity contribution in [3.63, 3.8) is 0 Å². The van der Waals surface area contributed by atoms with Gasteiger partial charge < -0.3 is 0 Å². The molecule has 1 aromatic carbocycles. The lowest BCUT2D eigenvalue weighted by molar-refractivity contribution is 0.112. The fourth-order valence-corrected chi connectivity index (χ4v) is 1.11. The first kappa shape index (κ1) is 10.6. The number of aryl methyl sites for hydroxylation is 1. The minimum absolute atomic E-state index is 0.322. The van der Waals surface area contributed by atoms with Gasteiger partial charge in [0.1, 0.15) is 6.29 Å². The molecule has 1 aromatic rings. The Labute approximate surface area is 81.1 Å². The van der Waals surface area contributed by atoms with Crippen molar-refractivity contribution >= 4 is 6.29 Å². The van der Waals surface area contributed by atoms with Crippen molar-refractivity contribution < 1.29 is 13.6 Å². The van der Waals surface area contributed by atoms with Crippen LogP contribution in [0.4, 0.5) is 8.78 Å². The minimum atomic E-state index is -1.64. The summed E-state index contributed by atoms with van der Waals surface area (Å²) in [5, 5.41) is 0. The van der Waals surface area contributed by atoms with Gasteiger partial charge in [-0.3, -0.25) is 4.79 Å². The number of allylic oxidation sites excluding steroid dienone is 1. The lowest BCUT2D eigenvalue weighted by atomic mass is 10.1. The molecule has 1 rings (SSSR count). The minimum Gasteiger partial charge on any atom is -0.298 e. The Morgan fingerprint density at radius 1 is 1.21 bits per heavy atom. The molecule has 0 aliphatic heterocycles. The highest BCUT2D eigenvalue weighted by molar-refractivity contribution is 5.74. The molecule has 0 bridgehead atoms. The third-order valence-electron chi connectivity index (χ3n) is 1.85. The maximum absolute atomic E-state index is 11.7. The van der Waals surface area contributed by atoms with Crippen molar-refractivity contribution in [2.75, 3.05) is 0 Å². The zero-order chi connectivity index (χ0) is 10.4. The molecule has 0 unspecified atom stereocenters. The van der Waals surface area contributed by atoms with Gasteiger partial charge in [0.2, 0.25) is 0 Å². The highest BCUT2D eigenvalue weighted by Crippen LogP contribution is 2.07. The van der Waals surface area contributed by atoms with Gasteiger partial charge in [0, 0.05) is 5.56 Å². The summed E-state index contributed by atoms with van der Waals surface area (Å²) < 4.78 is 23.3. The quantitative estimate of drug-likeness (QED) is 0.676. The lowest BCUT2D eigenvalue weighted by Crippen LogP contribution is -1.85. The average molecular weight is 196 g/mol. The number of halogens is 2. The standard InChI is InChI=1S/C11H10F2O/c12-11(13)3-1-2-9-4-6-10(8-14)7-5-9/h3-8H,1-2H2. The molecule has 0 aliphatic carbocycles. The maximum atomic E-state index is 11.7. The van der Waals surface area contributed by atoms with Crippen molar-refractivity contribution in [3.05, 3.63) is 47.5 Å². The van der Waals surface area contributed by atoms with E-state index < -0.39 is 6.08 Å². The van der Waals surface area contributed by atoms with Crippen LogP contribution in [0.3, 0.4) is 0 Å². The number of carbonyl (C=O) groups excluding carboxylic acids is 1. The van der Waals surface area contributed by atoms with Crippen LogP contribution in [0.1, 0.15) is 22.3 Å². The summed E-state index contributed by atoms with van der Waals surface area (Å²) >= 11 is 0. The van der Waals surface area contributed by atoms with E-state index in [2.05, 4.69) is 0 Å². The fraction of sp³-hybridized carbons (Fsp3) is 0.182. The Morgan fingerprint density at radius 3 is 2.36 bits per heavy atom. The lowest BCUT2D eigenvalue weighted by Gasteiger charge is -1.97. The zero-order valence-corrected chi connectivity index (χ0v) is 7.54. The molecule has 0 saturated heterocycles. The molecule has 0 fully saturated rings. The van der Waals surface area contributed by atoms with Crippen LogP contribution in [0.2, 0.25) is 0 Å². The summed E-state index contributed by atoms with van der Waals surface area (Å²) in [6.45, 7) is 0. The molecule has 3 heteroatoms. The van der Waals surface area contributed by atoms with E-state index in [-0.39, 0.29) is 0 Å². The van der Waals surface area contributed by atoms with Gasteiger partial charge in [0.05, 0.1) is 0 Å². The molecule has 0 radical (unpaired) electrons. The zero-order valence-electron chi connectivity index (χ0n) is 7.54. The third kappa shape index (κ3) is 3.47. The number of hydrogen-bond acceptors (Lipinski definition) is 1. The molecule has 74 valence electrons. The number of carbonyl (C=O) groups is 1. The van der Waals surface area contributed by atoms with E-state index in [0.717, 1.165) is 17.9 Å². The van der Waals surface area contributed by atoms with Crippen LogP contribution < -0.4 is 0 Å². The Morgan fingerprint density at radius 2 is 1.86 bits per heavy atom. The summed E-state index contributed by atoms with van der Waals surface area (Å²) in [5.41, 5.74) is 1.55. The van der Waals surface area contributed by atoms with Gasteiger partial charge in [-0.25, -0.2) is 0 Å². The van der Waals surface area contributed by atoms with Crippen molar-refractivity contribution in [2.45, 2.75) is 12.8 Å². The van der Waals surface area contributed by atoms with E-state index in [4.69, 9.17) is 0 Å². The molecular weight excluding hydrogens is 186 g/mol. The molecule has 0 amide bonds. The smallest absolute Gasteiger partial charge is 0.266 e. The predicted molar refractivity (Wildman–Crippen MR) is 50.4 cm³/mol. The van der Waals surface area contributed by atoms with Gasteiger partial charge in [-0.05, 0) is 24.5 Å². The van der Waals surface area contributed by atoms with E-state index in [0.29, 0.717) is 18.4 Å². The topological polar surface area (TPSA) is 17.1 Å². The number of rotatable bonds is 4. The molecular formula is C11H10F2O. The molecule has 0 aliphatic rings. The van der Waals surface area contributed by atoms with Crippen molar-refractivity contribution in [1.29, 1.82) is 0 Å². The second-order valence-electron chi connectivity index (χ2n) is 2.89. The first-order valence-electron chi connectivity index (χ1n) is 4.27. The van der Waals surface area contributed by atoms with E-state index in [1.54, 1.807) is 24.3 Å². The van der Waals surface area contributed by atoms with E-state index in [1.165, 1.54) is 0 Å². The second kappa shape index (κ2) is 5.27. The summed E-state index contributed by atoms with van der Waals surface area (Å²) in [6.07, 6.45) is 0.896. The van der Waals surface area contributed by atoms with Crippen LogP contribution in [0, 0.1) is 0 Å². The van der Waals surface area contributed by atoms with Gasteiger partial charge in [-0.15, -0.1) is 0 Å². The molecule has 0 N–H and O–H groups in total. The SMILES string of the molecule is O=Cc1ccc(CCC=C(F)F)cc1. The monoisotopic (exact) mass is 196 g/mol. The van der Waals surface area contributed by atoms with Gasteiger partial charge in [0.25, 0.3) is 6.08 Å². The number of benzene rings is 1. The Hall–Kier alpha value is -1.51. The molecule has 0 spiro atoms. The first-order valence-corrected chi connectivity index (χ1v) is 4.27. The van der Waals surface area contributed by atoms with Gasteiger partial charge >= 0.3 is 0 Å². The summed E-state index contributed by atoms with van der Waals surface area (Å²) in [5.74, 6) is 0. The molecule has 14 heavy (non-hydrogen) atoms. The Kier molecular flexibility index (Phi) is 3.98. The number of hydrogen-bond donors (Lipinski definition) is 0. The molecule has 0 aromatic heterocycles. The van der Waals surface area contributed by atoms with E-state index in [1.807, 2.05) is 0 Å². The van der Waals surface area contributed by atoms with Crippen LogP contribution in [0.25, 0.3) is 0 Å². The third-order valence-corrected chi connectivity index (χ3v) is 1.85. The molecule has 0 atom stereocenters. The highest BCUT2D eigenvalue weighted by Gasteiger charge is 1.94. The second-order valence-corrected chi connectivity index (χ2v) is 2.89. The van der Waals surface area contributed by atoms with Gasteiger partial charge in [0.15, 0.2) is 0 Å². The maximum Gasteiger partial charge on any atom is 0.266 e. The molecule has 0 saturated carbocycles. The number of aldehydes is 1. The van der Waals surface area contributed by atoms with Crippen molar-refractivity contribution in [3.8, 4) is 0 Å².